The maximum Gasteiger partial charge on any atom is 0.255 e. The van der Waals surface area contributed by atoms with E-state index in [1.807, 2.05) is 0 Å². The molecule has 2 aromatic rings. The van der Waals surface area contributed by atoms with Gasteiger partial charge in [0, 0.05) is 10.6 Å². The Hall–Kier alpha value is -2.40. The average Bonchev–Trinajstić information content (AvgIpc) is 2.61. The lowest BCUT2D eigenvalue weighted by Gasteiger charge is -2.14. The van der Waals surface area contributed by atoms with Crippen LogP contribution in [0.3, 0.4) is 0 Å². The van der Waals surface area contributed by atoms with Gasteiger partial charge in [-0.2, -0.15) is 0 Å². The van der Waals surface area contributed by atoms with E-state index in [9.17, 15) is 4.79 Å². The molecular formula is C20H24ClNO4. The summed E-state index contributed by atoms with van der Waals surface area (Å²) < 4.78 is 16.4. The van der Waals surface area contributed by atoms with Crippen molar-refractivity contribution in [2.24, 2.45) is 5.92 Å². The van der Waals surface area contributed by atoms with Gasteiger partial charge in [-0.3, -0.25) is 4.79 Å². The van der Waals surface area contributed by atoms with Crippen LogP contribution in [0.25, 0.3) is 0 Å². The highest BCUT2D eigenvalue weighted by molar-refractivity contribution is 6.31. The third kappa shape index (κ3) is 5.30. The topological polar surface area (TPSA) is 56.8 Å². The van der Waals surface area contributed by atoms with E-state index in [1.165, 1.54) is 7.11 Å². The quantitative estimate of drug-likeness (QED) is 0.700. The van der Waals surface area contributed by atoms with Crippen molar-refractivity contribution in [3.8, 4) is 17.2 Å². The van der Waals surface area contributed by atoms with Gasteiger partial charge in [0.15, 0.2) is 11.5 Å². The lowest BCUT2D eigenvalue weighted by Crippen LogP contribution is -2.13. The molecule has 0 spiro atoms. The van der Waals surface area contributed by atoms with Crippen LogP contribution in [0.15, 0.2) is 36.4 Å². The molecule has 1 amide bonds. The minimum atomic E-state index is -0.294. The molecule has 0 atom stereocenters. The number of hydrogen-bond donors (Lipinski definition) is 1. The van der Waals surface area contributed by atoms with Gasteiger partial charge in [-0.25, -0.2) is 0 Å². The molecule has 0 aromatic heterocycles. The summed E-state index contributed by atoms with van der Waals surface area (Å²) in [5.41, 5.74) is 0.946. The standard InChI is InChI=1S/C20H24ClNO4/c1-13(2)9-10-26-18-7-5-14(11-19(18)25-4)20(23)22-16-12-15(21)6-8-17(16)24-3/h5-8,11-13H,9-10H2,1-4H3,(H,22,23). The Kier molecular flexibility index (Phi) is 7.16. The molecule has 0 radical (unpaired) electrons. The van der Waals surface area contributed by atoms with Gasteiger partial charge in [0.1, 0.15) is 5.75 Å². The lowest BCUT2D eigenvalue weighted by atomic mass is 10.1. The monoisotopic (exact) mass is 377 g/mol. The van der Waals surface area contributed by atoms with E-state index in [2.05, 4.69) is 19.2 Å². The molecule has 140 valence electrons. The molecule has 0 aliphatic heterocycles. The Morgan fingerprint density at radius 1 is 1.04 bits per heavy atom. The molecule has 0 heterocycles. The third-order valence-electron chi connectivity index (χ3n) is 3.79. The summed E-state index contributed by atoms with van der Waals surface area (Å²) in [4.78, 5) is 12.6. The van der Waals surface area contributed by atoms with Crippen LogP contribution in [-0.2, 0) is 0 Å². The van der Waals surface area contributed by atoms with E-state index in [4.69, 9.17) is 25.8 Å². The summed E-state index contributed by atoms with van der Waals surface area (Å²) in [6.45, 7) is 4.87. The molecular weight excluding hydrogens is 354 g/mol. The molecule has 0 aliphatic carbocycles. The zero-order valence-electron chi connectivity index (χ0n) is 15.5. The molecule has 0 fully saturated rings. The highest BCUT2D eigenvalue weighted by Crippen LogP contribution is 2.31. The second-order valence-corrected chi connectivity index (χ2v) is 6.63. The molecule has 0 saturated heterocycles. The number of methoxy groups -OCH3 is 2. The molecule has 5 nitrogen and oxygen atoms in total. The van der Waals surface area contributed by atoms with Gasteiger partial charge in [-0.05, 0) is 48.7 Å². The zero-order valence-corrected chi connectivity index (χ0v) is 16.2. The van der Waals surface area contributed by atoms with Crippen LogP contribution in [0, 0.1) is 5.92 Å². The Balaban J connectivity index is 2.15. The van der Waals surface area contributed by atoms with Crippen molar-refractivity contribution in [1.82, 2.24) is 0 Å². The number of amides is 1. The summed E-state index contributed by atoms with van der Waals surface area (Å²) in [5.74, 6) is 1.92. The minimum Gasteiger partial charge on any atom is -0.495 e. The summed E-state index contributed by atoms with van der Waals surface area (Å²) >= 11 is 6.00. The number of carbonyl (C=O) groups excluding carboxylic acids is 1. The van der Waals surface area contributed by atoms with Gasteiger partial charge < -0.3 is 19.5 Å². The van der Waals surface area contributed by atoms with E-state index in [-0.39, 0.29) is 5.91 Å². The number of ether oxygens (including phenoxy) is 3. The first-order chi connectivity index (χ1) is 12.4. The number of carbonyl (C=O) groups is 1. The summed E-state index contributed by atoms with van der Waals surface area (Å²) in [6, 6.07) is 10.1. The smallest absolute Gasteiger partial charge is 0.255 e. The number of anilines is 1. The van der Waals surface area contributed by atoms with Crippen LogP contribution >= 0.6 is 11.6 Å². The maximum absolute atomic E-state index is 12.6. The Morgan fingerprint density at radius 3 is 2.38 bits per heavy atom. The lowest BCUT2D eigenvalue weighted by molar-refractivity contribution is 0.102. The molecule has 6 heteroatoms. The van der Waals surface area contributed by atoms with Crippen molar-refractivity contribution in [2.45, 2.75) is 20.3 Å². The molecule has 1 N–H and O–H groups in total. The molecule has 26 heavy (non-hydrogen) atoms. The fraction of sp³-hybridized carbons (Fsp3) is 0.350. The molecule has 2 aromatic carbocycles. The van der Waals surface area contributed by atoms with Crippen LogP contribution in [-0.4, -0.2) is 26.7 Å². The number of benzene rings is 2. The molecule has 0 bridgehead atoms. The van der Waals surface area contributed by atoms with Crippen LogP contribution in [0.2, 0.25) is 5.02 Å². The predicted octanol–water partition coefficient (Wildman–Crippen LogP) is 5.03. The Morgan fingerprint density at radius 2 is 1.73 bits per heavy atom. The van der Waals surface area contributed by atoms with Gasteiger partial charge in [-0.1, -0.05) is 25.4 Å². The average molecular weight is 378 g/mol. The van der Waals surface area contributed by atoms with Crippen LogP contribution in [0.4, 0.5) is 5.69 Å². The van der Waals surface area contributed by atoms with Gasteiger partial charge in [-0.15, -0.1) is 0 Å². The highest BCUT2D eigenvalue weighted by atomic mass is 35.5. The van der Waals surface area contributed by atoms with Crippen molar-refractivity contribution in [1.29, 1.82) is 0 Å². The first kappa shape index (κ1) is 19.9. The highest BCUT2D eigenvalue weighted by Gasteiger charge is 2.14. The number of halogens is 1. The minimum absolute atomic E-state index is 0.294. The van der Waals surface area contributed by atoms with Crippen LogP contribution in [0.5, 0.6) is 17.2 Å². The van der Waals surface area contributed by atoms with Crippen LogP contribution < -0.4 is 19.5 Å². The predicted molar refractivity (Wildman–Crippen MR) is 104 cm³/mol. The molecule has 0 unspecified atom stereocenters. The van der Waals surface area contributed by atoms with E-state index >= 15 is 0 Å². The number of nitrogens with one attached hydrogen (secondary N) is 1. The van der Waals surface area contributed by atoms with Crippen molar-refractivity contribution in [3.63, 3.8) is 0 Å². The van der Waals surface area contributed by atoms with E-state index in [0.717, 1.165) is 6.42 Å². The first-order valence-electron chi connectivity index (χ1n) is 8.40. The fourth-order valence-corrected chi connectivity index (χ4v) is 2.48. The second-order valence-electron chi connectivity index (χ2n) is 6.20. The summed E-state index contributed by atoms with van der Waals surface area (Å²) in [6.07, 6.45) is 0.944. The maximum atomic E-state index is 12.6. The first-order valence-corrected chi connectivity index (χ1v) is 8.78. The van der Waals surface area contributed by atoms with E-state index in [1.54, 1.807) is 43.5 Å². The number of rotatable bonds is 8. The third-order valence-corrected chi connectivity index (χ3v) is 4.02. The zero-order chi connectivity index (χ0) is 19.1. The summed E-state index contributed by atoms with van der Waals surface area (Å²) in [5, 5.41) is 3.31. The summed E-state index contributed by atoms with van der Waals surface area (Å²) in [7, 11) is 3.08. The Bertz CT molecular complexity index is 761. The van der Waals surface area contributed by atoms with Gasteiger partial charge in [0.2, 0.25) is 0 Å². The largest absolute Gasteiger partial charge is 0.495 e. The molecule has 0 saturated carbocycles. The van der Waals surface area contributed by atoms with Crippen LogP contribution in [0.1, 0.15) is 30.6 Å². The Labute approximate surface area is 159 Å². The van der Waals surface area contributed by atoms with Crippen molar-refractivity contribution >= 4 is 23.2 Å². The number of hydrogen-bond acceptors (Lipinski definition) is 4. The van der Waals surface area contributed by atoms with E-state index in [0.29, 0.717) is 46.0 Å². The van der Waals surface area contributed by atoms with E-state index < -0.39 is 0 Å². The fourth-order valence-electron chi connectivity index (χ4n) is 2.31. The van der Waals surface area contributed by atoms with Crippen molar-refractivity contribution in [3.05, 3.63) is 47.0 Å². The van der Waals surface area contributed by atoms with Crippen molar-refractivity contribution in [2.75, 3.05) is 26.1 Å². The van der Waals surface area contributed by atoms with Gasteiger partial charge in [0.05, 0.1) is 26.5 Å². The normalized spacial score (nSPS) is 10.5. The molecule has 2 rings (SSSR count). The van der Waals surface area contributed by atoms with Crippen molar-refractivity contribution < 1.29 is 19.0 Å². The SMILES string of the molecule is COc1ccc(Cl)cc1NC(=O)c1ccc(OCCC(C)C)c(OC)c1. The second kappa shape index (κ2) is 9.34. The van der Waals surface area contributed by atoms with Gasteiger partial charge >= 0.3 is 0 Å². The molecule has 0 aliphatic rings. The van der Waals surface area contributed by atoms with Gasteiger partial charge in [0.25, 0.3) is 5.91 Å².